The molecule has 66 valence electrons. The minimum atomic E-state index is -0.0709. The lowest BCUT2D eigenvalue weighted by Gasteiger charge is -2.10. The van der Waals surface area contributed by atoms with Crippen LogP contribution in [0.3, 0.4) is 0 Å². The molecule has 0 aliphatic heterocycles. The van der Waals surface area contributed by atoms with Crippen molar-refractivity contribution in [2.45, 2.75) is 19.4 Å². The van der Waals surface area contributed by atoms with E-state index in [0.717, 1.165) is 6.42 Å². The van der Waals surface area contributed by atoms with Gasteiger partial charge in [-0.15, -0.1) is 0 Å². The predicted molar refractivity (Wildman–Crippen MR) is 46.9 cm³/mol. The van der Waals surface area contributed by atoms with Gasteiger partial charge in [0.15, 0.2) is 0 Å². The molecule has 0 bridgehead atoms. The molecular formula is C8H13N3O. The van der Waals surface area contributed by atoms with Gasteiger partial charge in [0, 0.05) is 12.3 Å². The van der Waals surface area contributed by atoms with Gasteiger partial charge in [-0.25, -0.2) is 4.68 Å². The maximum Gasteiger partial charge on any atom is 0.266 e. The zero-order valence-electron chi connectivity index (χ0n) is 7.10. The molecule has 0 amide bonds. The van der Waals surface area contributed by atoms with Crippen LogP contribution in [-0.2, 0) is 0 Å². The van der Waals surface area contributed by atoms with Crippen LogP contribution in [0.25, 0.3) is 0 Å². The number of rotatable bonds is 3. The first-order chi connectivity index (χ1) is 5.75. The molecule has 1 heterocycles. The Kier molecular flexibility index (Phi) is 2.99. The smallest absolute Gasteiger partial charge is 0.266 e. The third-order valence-electron chi connectivity index (χ3n) is 1.74. The highest BCUT2D eigenvalue weighted by molar-refractivity contribution is 4.86. The molecule has 12 heavy (non-hydrogen) atoms. The highest BCUT2D eigenvalue weighted by Gasteiger charge is 2.04. The van der Waals surface area contributed by atoms with Crippen LogP contribution in [0.15, 0.2) is 23.1 Å². The normalized spacial score (nSPS) is 12.8. The van der Waals surface area contributed by atoms with E-state index >= 15 is 0 Å². The van der Waals surface area contributed by atoms with E-state index in [9.17, 15) is 4.79 Å². The van der Waals surface area contributed by atoms with Gasteiger partial charge in [0.05, 0.1) is 6.04 Å². The summed E-state index contributed by atoms with van der Waals surface area (Å²) in [6, 6.07) is 3.22. The second-order valence-electron chi connectivity index (χ2n) is 2.73. The molecule has 1 rings (SSSR count). The van der Waals surface area contributed by atoms with Gasteiger partial charge in [-0.1, -0.05) is 0 Å². The number of nitrogens with two attached hydrogens (primary N) is 1. The highest BCUT2D eigenvalue weighted by Crippen LogP contribution is 2.02. The summed E-state index contributed by atoms with van der Waals surface area (Å²) in [4.78, 5) is 11.2. The minimum Gasteiger partial charge on any atom is -0.330 e. The second kappa shape index (κ2) is 4.01. The molecule has 0 saturated heterocycles. The maximum absolute atomic E-state index is 11.2. The monoisotopic (exact) mass is 167 g/mol. The quantitative estimate of drug-likeness (QED) is 0.697. The summed E-state index contributed by atoms with van der Waals surface area (Å²) in [5.41, 5.74) is 5.30. The minimum absolute atomic E-state index is 0.0709. The van der Waals surface area contributed by atoms with Gasteiger partial charge in [0.2, 0.25) is 0 Å². The van der Waals surface area contributed by atoms with Crippen LogP contribution in [0.5, 0.6) is 0 Å². The Labute approximate surface area is 71.0 Å². The molecule has 4 nitrogen and oxygen atoms in total. The Morgan fingerprint density at radius 2 is 2.50 bits per heavy atom. The van der Waals surface area contributed by atoms with Crippen LogP contribution < -0.4 is 11.3 Å². The summed E-state index contributed by atoms with van der Waals surface area (Å²) in [6.45, 7) is 2.51. The van der Waals surface area contributed by atoms with E-state index in [-0.39, 0.29) is 11.6 Å². The Morgan fingerprint density at radius 1 is 1.75 bits per heavy atom. The number of hydrogen-bond acceptors (Lipinski definition) is 3. The van der Waals surface area contributed by atoms with Gasteiger partial charge in [0.1, 0.15) is 0 Å². The standard InChI is InChI=1S/C8H13N3O/c1-7(4-5-9)11-8(12)3-2-6-10-11/h2-3,6-7H,4-5,9H2,1H3/t7-/m0/s1. The summed E-state index contributed by atoms with van der Waals surface area (Å²) in [5.74, 6) is 0. The van der Waals surface area contributed by atoms with Crippen LogP contribution >= 0.6 is 0 Å². The summed E-state index contributed by atoms with van der Waals surface area (Å²) < 4.78 is 1.45. The van der Waals surface area contributed by atoms with Gasteiger partial charge in [0.25, 0.3) is 5.56 Å². The van der Waals surface area contributed by atoms with E-state index in [2.05, 4.69) is 5.10 Å². The average Bonchev–Trinajstić information content (AvgIpc) is 2.05. The molecular weight excluding hydrogens is 154 g/mol. The predicted octanol–water partition coefficient (Wildman–Crippen LogP) is 0.153. The third-order valence-corrected chi connectivity index (χ3v) is 1.74. The summed E-state index contributed by atoms with van der Waals surface area (Å²) >= 11 is 0. The van der Waals surface area contributed by atoms with Crippen LogP contribution in [0, 0.1) is 0 Å². The number of nitrogens with zero attached hydrogens (tertiary/aromatic N) is 2. The summed E-state index contributed by atoms with van der Waals surface area (Å²) in [6.07, 6.45) is 2.38. The molecule has 0 aromatic carbocycles. The van der Waals surface area contributed by atoms with Gasteiger partial charge < -0.3 is 5.73 Å². The van der Waals surface area contributed by atoms with Crippen LogP contribution in [0.1, 0.15) is 19.4 Å². The molecule has 0 aliphatic carbocycles. The largest absolute Gasteiger partial charge is 0.330 e. The van der Waals surface area contributed by atoms with Crippen molar-refractivity contribution in [2.75, 3.05) is 6.54 Å². The zero-order valence-corrected chi connectivity index (χ0v) is 7.10. The van der Waals surface area contributed by atoms with Crippen molar-refractivity contribution in [1.82, 2.24) is 9.78 Å². The lowest BCUT2D eigenvalue weighted by atomic mass is 10.2. The molecule has 0 fully saturated rings. The van der Waals surface area contributed by atoms with Crippen LogP contribution in [0.4, 0.5) is 0 Å². The Hall–Kier alpha value is -1.16. The number of aromatic nitrogens is 2. The van der Waals surface area contributed by atoms with E-state index in [4.69, 9.17) is 5.73 Å². The number of hydrogen-bond donors (Lipinski definition) is 1. The first-order valence-corrected chi connectivity index (χ1v) is 3.99. The Morgan fingerprint density at radius 3 is 3.08 bits per heavy atom. The average molecular weight is 167 g/mol. The first-order valence-electron chi connectivity index (χ1n) is 3.99. The van der Waals surface area contributed by atoms with Crippen molar-refractivity contribution in [3.05, 3.63) is 28.7 Å². The molecule has 4 heteroatoms. The van der Waals surface area contributed by atoms with Crippen molar-refractivity contribution in [1.29, 1.82) is 0 Å². The van der Waals surface area contributed by atoms with Gasteiger partial charge >= 0.3 is 0 Å². The Bertz CT molecular complexity index is 294. The van der Waals surface area contributed by atoms with E-state index in [1.807, 2.05) is 6.92 Å². The van der Waals surface area contributed by atoms with Gasteiger partial charge in [-0.05, 0) is 26.0 Å². The van der Waals surface area contributed by atoms with Crippen molar-refractivity contribution in [2.24, 2.45) is 5.73 Å². The maximum atomic E-state index is 11.2. The van der Waals surface area contributed by atoms with Crippen LogP contribution in [-0.4, -0.2) is 16.3 Å². The first kappa shape index (κ1) is 8.93. The topological polar surface area (TPSA) is 60.9 Å². The van der Waals surface area contributed by atoms with Crippen molar-refractivity contribution < 1.29 is 0 Å². The van der Waals surface area contributed by atoms with Gasteiger partial charge in [-0.2, -0.15) is 5.10 Å². The van der Waals surface area contributed by atoms with Crippen molar-refractivity contribution in [3.63, 3.8) is 0 Å². The second-order valence-corrected chi connectivity index (χ2v) is 2.73. The van der Waals surface area contributed by atoms with E-state index in [1.165, 1.54) is 10.7 Å². The molecule has 0 radical (unpaired) electrons. The van der Waals surface area contributed by atoms with E-state index in [1.54, 1.807) is 12.3 Å². The molecule has 0 spiro atoms. The SMILES string of the molecule is C[C@@H](CCN)n1ncccc1=O. The summed E-state index contributed by atoms with van der Waals surface area (Å²) in [5, 5.41) is 3.95. The molecule has 0 saturated carbocycles. The lowest BCUT2D eigenvalue weighted by molar-refractivity contribution is 0.443. The fourth-order valence-corrected chi connectivity index (χ4v) is 1.06. The van der Waals surface area contributed by atoms with Gasteiger partial charge in [-0.3, -0.25) is 4.79 Å². The fourth-order valence-electron chi connectivity index (χ4n) is 1.06. The molecule has 0 unspecified atom stereocenters. The van der Waals surface area contributed by atoms with Crippen LogP contribution in [0.2, 0.25) is 0 Å². The summed E-state index contributed by atoms with van der Waals surface area (Å²) in [7, 11) is 0. The van der Waals surface area contributed by atoms with Crippen molar-refractivity contribution >= 4 is 0 Å². The fraction of sp³-hybridized carbons (Fsp3) is 0.500. The van der Waals surface area contributed by atoms with Crippen molar-refractivity contribution in [3.8, 4) is 0 Å². The highest BCUT2D eigenvalue weighted by atomic mass is 16.1. The zero-order chi connectivity index (χ0) is 8.97. The molecule has 2 N–H and O–H groups in total. The third kappa shape index (κ3) is 1.92. The molecule has 1 atom stereocenters. The van der Waals surface area contributed by atoms with E-state index in [0.29, 0.717) is 6.54 Å². The molecule has 1 aromatic rings. The molecule has 0 aliphatic rings. The lowest BCUT2D eigenvalue weighted by Crippen LogP contribution is -2.25. The van der Waals surface area contributed by atoms with E-state index < -0.39 is 0 Å². The Balaban J connectivity index is 2.87. The molecule has 1 aromatic heterocycles.